The van der Waals surface area contributed by atoms with E-state index in [2.05, 4.69) is 20.8 Å². The molecular formula is C12H20O. The van der Waals surface area contributed by atoms with Crippen LogP contribution in [0.4, 0.5) is 0 Å². The lowest BCUT2D eigenvalue weighted by atomic mass is 9.82. The highest BCUT2D eigenvalue weighted by Gasteiger charge is 2.19. The second kappa shape index (κ2) is 5.00. The molecule has 0 aromatic rings. The second-order valence-corrected chi connectivity index (χ2v) is 3.94. The van der Waals surface area contributed by atoms with Crippen LogP contribution in [-0.2, 0) is 4.79 Å². The monoisotopic (exact) mass is 180 g/mol. The maximum atomic E-state index is 11.0. The number of hydrogen-bond donors (Lipinski definition) is 0. The van der Waals surface area contributed by atoms with Crippen molar-refractivity contribution in [2.45, 2.75) is 41.0 Å². The van der Waals surface area contributed by atoms with Gasteiger partial charge >= 0.3 is 0 Å². The van der Waals surface area contributed by atoms with Crippen molar-refractivity contribution in [3.05, 3.63) is 23.8 Å². The highest BCUT2D eigenvalue weighted by atomic mass is 16.1. The summed E-state index contributed by atoms with van der Waals surface area (Å²) in [6, 6.07) is 0. The van der Waals surface area contributed by atoms with Gasteiger partial charge in [-0.1, -0.05) is 52.3 Å². The van der Waals surface area contributed by atoms with Gasteiger partial charge in [0.25, 0.3) is 0 Å². The van der Waals surface area contributed by atoms with Crippen LogP contribution < -0.4 is 0 Å². The lowest BCUT2D eigenvalue weighted by molar-refractivity contribution is -0.114. The van der Waals surface area contributed by atoms with Crippen LogP contribution in [0, 0.1) is 5.41 Å². The van der Waals surface area contributed by atoms with Gasteiger partial charge in [-0.3, -0.25) is 4.79 Å². The summed E-state index contributed by atoms with van der Waals surface area (Å²) in [6.45, 7) is 10.4. The molecule has 0 aromatic carbocycles. The van der Waals surface area contributed by atoms with Gasteiger partial charge in [-0.15, -0.1) is 0 Å². The van der Waals surface area contributed by atoms with Gasteiger partial charge in [-0.05, 0) is 11.5 Å². The molecule has 1 heteroatoms. The van der Waals surface area contributed by atoms with Crippen molar-refractivity contribution in [1.82, 2.24) is 0 Å². The van der Waals surface area contributed by atoms with E-state index in [1.165, 1.54) is 5.57 Å². The van der Waals surface area contributed by atoms with Crippen LogP contribution in [0.1, 0.15) is 41.0 Å². The van der Waals surface area contributed by atoms with E-state index < -0.39 is 0 Å². The predicted octanol–water partition coefficient (Wildman–Crippen LogP) is 3.51. The summed E-state index contributed by atoms with van der Waals surface area (Å²) in [5, 5.41) is 0. The molecule has 0 N–H and O–H groups in total. The molecule has 1 aliphatic carbocycles. The van der Waals surface area contributed by atoms with Crippen molar-refractivity contribution in [1.29, 1.82) is 0 Å². The molecule has 0 saturated heterocycles. The van der Waals surface area contributed by atoms with Gasteiger partial charge in [0.05, 0.1) is 0 Å². The van der Waals surface area contributed by atoms with E-state index in [0.29, 0.717) is 6.42 Å². The summed E-state index contributed by atoms with van der Waals surface area (Å²) >= 11 is 0. The van der Waals surface area contributed by atoms with E-state index in [9.17, 15) is 4.79 Å². The normalized spacial score (nSPS) is 16.1. The van der Waals surface area contributed by atoms with Crippen LogP contribution >= 0.6 is 0 Å². The lowest BCUT2D eigenvalue weighted by Gasteiger charge is -2.23. The highest BCUT2D eigenvalue weighted by Crippen LogP contribution is 2.29. The van der Waals surface area contributed by atoms with Crippen molar-refractivity contribution >= 4 is 5.78 Å². The Hall–Kier alpha value is -0.850. The number of carbonyl (C=O) groups excluding carboxylic acids is 1. The smallest absolute Gasteiger partial charge is 0.159 e. The van der Waals surface area contributed by atoms with Crippen LogP contribution in [0.2, 0.25) is 0 Å². The summed E-state index contributed by atoms with van der Waals surface area (Å²) in [6.07, 6.45) is 6.11. The minimum Gasteiger partial charge on any atom is -0.294 e. The van der Waals surface area contributed by atoms with Crippen LogP contribution in [0.25, 0.3) is 0 Å². The molecular weight excluding hydrogens is 160 g/mol. The molecule has 0 aliphatic heterocycles. The Kier molecular flexibility index (Phi) is 4.68. The first kappa shape index (κ1) is 12.2. The van der Waals surface area contributed by atoms with Gasteiger partial charge in [0.15, 0.2) is 5.78 Å². The zero-order chi connectivity index (χ0) is 10.5. The first-order valence-electron chi connectivity index (χ1n) is 4.91. The first-order valence-corrected chi connectivity index (χ1v) is 4.91. The van der Waals surface area contributed by atoms with Crippen molar-refractivity contribution in [3.63, 3.8) is 0 Å². The molecule has 0 unspecified atom stereocenters. The maximum absolute atomic E-state index is 11.0. The summed E-state index contributed by atoms with van der Waals surface area (Å²) in [5.74, 6) is 0.220. The molecule has 0 spiro atoms. The second-order valence-electron chi connectivity index (χ2n) is 3.94. The van der Waals surface area contributed by atoms with Gasteiger partial charge in [0, 0.05) is 6.42 Å². The van der Waals surface area contributed by atoms with E-state index in [-0.39, 0.29) is 11.2 Å². The molecule has 0 radical (unpaired) electrons. The van der Waals surface area contributed by atoms with E-state index >= 15 is 0 Å². The number of carbonyl (C=O) groups is 1. The number of hydrogen-bond acceptors (Lipinski definition) is 1. The third-order valence-electron chi connectivity index (χ3n) is 1.91. The topological polar surface area (TPSA) is 17.1 Å². The highest BCUT2D eigenvalue weighted by molar-refractivity contribution is 5.93. The molecule has 1 rings (SSSR count). The average molecular weight is 180 g/mol. The van der Waals surface area contributed by atoms with Gasteiger partial charge in [0.1, 0.15) is 0 Å². The predicted molar refractivity (Wildman–Crippen MR) is 57.7 cm³/mol. The van der Waals surface area contributed by atoms with Crippen LogP contribution in [0.5, 0.6) is 0 Å². The maximum Gasteiger partial charge on any atom is 0.159 e. The molecule has 13 heavy (non-hydrogen) atoms. The number of rotatable bonds is 0. The molecule has 0 saturated carbocycles. The standard InChI is InChI=1S/C10H14O.C2H6/c1-10(2,3)8-5-4-6-9(11)7-8;1-2/h4-6H,7H2,1-3H3;1-2H3. The molecule has 74 valence electrons. The van der Waals surface area contributed by atoms with Gasteiger partial charge in [0.2, 0.25) is 0 Å². The zero-order valence-corrected chi connectivity index (χ0v) is 9.35. The summed E-state index contributed by atoms with van der Waals surface area (Å²) in [7, 11) is 0. The van der Waals surface area contributed by atoms with E-state index in [0.717, 1.165) is 0 Å². The fraction of sp³-hybridized carbons (Fsp3) is 0.583. The van der Waals surface area contributed by atoms with E-state index in [1.807, 2.05) is 26.0 Å². The first-order chi connectivity index (χ1) is 6.00. The Labute approximate surface area is 81.5 Å². The van der Waals surface area contributed by atoms with E-state index in [4.69, 9.17) is 0 Å². The lowest BCUT2D eigenvalue weighted by Crippen LogP contribution is -2.14. The Bertz CT molecular complexity index is 226. The Balaban J connectivity index is 0.000000671. The third kappa shape index (κ3) is 4.07. The van der Waals surface area contributed by atoms with Crippen molar-refractivity contribution in [3.8, 4) is 0 Å². The third-order valence-corrected chi connectivity index (χ3v) is 1.91. The molecule has 0 amide bonds. The van der Waals surface area contributed by atoms with Crippen LogP contribution in [-0.4, -0.2) is 5.78 Å². The van der Waals surface area contributed by atoms with Crippen molar-refractivity contribution < 1.29 is 4.79 Å². The minimum absolute atomic E-state index is 0.139. The van der Waals surface area contributed by atoms with Gasteiger partial charge in [-0.2, -0.15) is 0 Å². The van der Waals surface area contributed by atoms with Crippen LogP contribution in [0.15, 0.2) is 23.8 Å². The number of allylic oxidation sites excluding steroid dienone is 4. The summed E-state index contributed by atoms with van der Waals surface area (Å²) < 4.78 is 0. The fourth-order valence-electron chi connectivity index (χ4n) is 1.09. The van der Waals surface area contributed by atoms with Crippen molar-refractivity contribution in [2.75, 3.05) is 0 Å². The van der Waals surface area contributed by atoms with Crippen molar-refractivity contribution in [2.24, 2.45) is 5.41 Å². The molecule has 0 fully saturated rings. The van der Waals surface area contributed by atoms with Gasteiger partial charge < -0.3 is 0 Å². The van der Waals surface area contributed by atoms with Crippen LogP contribution in [0.3, 0.4) is 0 Å². The quantitative estimate of drug-likeness (QED) is 0.557. The Morgan fingerprint density at radius 2 is 1.77 bits per heavy atom. The SMILES string of the molecule is CC.CC(C)(C)C1=CC=CC(=O)C1. The summed E-state index contributed by atoms with van der Waals surface area (Å²) in [5.41, 5.74) is 1.37. The molecule has 1 nitrogen and oxygen atoms in total. The molecule has 0 bridgehead atoms. The largest absolute Gasteiger partial charge is 0.294 e. The number of ketones is 1. The van der Waals surface area contributed by atoms with Gasteiger partial charge in [-0.25, -0.2) is 0 Å². The molecule has 0 aromatic heterocycles. The molecule has 0 heterocycles. The fourth-order valence-corrected chi connectivity index (χ4v) is 1.09. The zero-order valence-electron chi connectivity index (χ0n) is 9.35. The summed E-state index contributed by atoms with van der Waals surface area (Å²) in [4.78, 5) is 11.0. The molecule has 0 atom stereocenters. The average Bonchev–Trinajstić information content (AvgIpc) is 2.06. The Morgan fingerprint density at radius 1 is 1.23 bits per heavy atom. The minimum atomic E-state index is 0.139. The van der Waals surface area contributed by atoms with E-state index in [1.54, 1.807) is 6.08 Å². The molecule has 1 aliphatic rings. The Morgan fingerprint density at radius 3 is 2.08 bits per heavy atom.